The van der Waals surface area contributed by atoms with E-state index in [9.17, 15) is 18.0 Å². The summed E-state index contributed by atoms with van der Waals surface area (Å²) in [5.41, 5.74) is 1.67. The van der Waals surface area contributed by atoms with Crippen LogP contribution >= 0.6 is 0 Å². The lowest BCUT2D eigenvalue weighted by Crippen LogP contribution is -2.42. The molecule has 6 nitrogen and oxygen atoms in total. The van der Waals surface area contributed by atoms with Gasteiger partial charge in [-0.1, -0.05) is 26.0 Å². The maximum Gasteiger partial charge on any atom is 0.313 e. The third-order valence-corrected chi connectivity index (χ3v) is 5.38. The Bertz CT molecular complexity index is 665. The van der Waals surface area contributed by atoms with E-state index >= 15 is 0 Å². The van der Waals surface area contributed by atoms with E-state index < -0.39 is 27.7 Å². The molecule has 1 saturated heterocycles. The summed E-state index contributed by atoms with van der Waals surface area (Å²) in [6.45, 7) is 4.13. The molecule has 0 bridgehead atoms. The number of anilines is 1. The van der Waals surface area contributed by atoms with Gasteiger partial charge in [0.05, 0.1) is 11.5 Å². The highest BCUT2D eigenvalue weighted by Gasteiger charge is 2.30. The van der Waals surface area contributed by atoms with Gasteiger partial charge in [-0.2, -0.15) is 0 Å². The van der Waals surface area contributed by atoms with Crippen molar-refractivity contribution in [3.63, 3.8) is 0 Å². The van der Waals surface area contributed by atoms with Gasteiger partial charge in [0.25, 0.3) is 0 Å². The van der Waals surface area contributed by atoms with Gasteiger partial charge in [-0.3, -0.25) is 9.59 Å². The van der Waals surface area contributed by atoms with Crippen molar-refractivity contribution in [2.75, 3.05) is 16.8 Å². The van der Waals surface area contributed by atoms with Crippen molar-refractivity contribution in [1.29, 1.82) is 0 Å². The van der Waals surface area contributed by atoms with Crippen molar-refractivity contribution >= 4 is 27.3 Å². The Kier molecular flexibility index (Phi) is 4.85. The van der Waals surface area contributed by atoms with Crippen LogP contribution in [0.25, 0.3) is 0 Å². The van der Waals surface area contributed by atoms with Crippen LogP contribution in [0.5, 0.6) is 0 Å². The number of carbonyl (C=O) groups excluding carboxylic acids is 2. The smallest absolute Gasteiger partial charge is 0.313 e. The second kappa shape index (κ2) is 6.48. The number of benzene rings is 1. The highest BCUT2D eigenvalue weighted by atomic mass is 32.2. The molecule has 1 aliphatic heterocycles. The minimum atomic E-state index is -3.09. The minimum Gasteiger partial charge on any atom is -0.344 e. The highest BCUT2D eigenvalue weighted by Crippen LogP contribution is 2.17. The number of sulfone groups is 1. The van der Waals surface area contributed by atoms with E-state index in [4.69, 9.17) is 0 Å². The maximum absolute atomic E-state index is 11.8. The van der Waals surface area contributed by atoms with Crippen LogP contribution in [-0.2, 0) is 19.4 Å². The Morgan fingerprint density at radius 3 is 2.27 bits per heavy atom. The molecule has 0 spiro atoms. The zero-order valence-corrected chi connectivity index (χ0v) is 13.4. The summed E-state index contributed by atoms with van der Waals surface area (Å²) in [5, 5.41) is 4.96. The monoisotopic (exact) mass is 324 g/mol. The van der Waals surface area contributed by atoms with Crippen molar-refractivity contribution in [2.24, 2.45) is 0 Å². The second-order valence-corrected chi connectivity index (χ2v) is 8.03. The van der Waals surface area contributed by atoms with Crippen LogP contribution < -0.4 is 10.6 Å². The Hall–Kier alpha value is -1.89. The van der Waals surface area contributed by atoms with Crippen molar-refractivity contribution in [3.05, 3.63) is 29.8 Å². The van der Waals surface area contributed by atoms with Crippen molar-refractivity contribution in [3.8, 4) is 0 Å². The summed E-state index contributed by atoms with van der Waals surface area (Å²) < 4.78 is 22.6. The van der Waals surface area contributed by atoms with Gasteiger partial charge in [-0.15, -0.1) is 0 Å². The van der Waals surface area contributed by atoms with Crippen LogP contribution in [0.1, 0.15) is 31.7 Å². The molecular weight excluding hydrogens is 304 g/mol. The largest absolute Gasteiger partial charge is 0.344 e. The fourth-order valence-corrected chi connectivity index (χ4v) is 3.97. The molecule has 7 heteroatoms. The van der Waals surface area contributed by atoms with E-state index in [1.807, 2.05) is 12.1 Å². The summed E-state index contributed by atoms with van der Waals surface area (Å²) in [7, 11) is -3.09. The van der Waals surface area contributed by atoms with E-state index in [2.05, 4.69) is 24.5 Å². The molecule has 2 rings (SSSR count). The van der Waals surface area contributed by atoms with Crippen molar-refractivity contribution in [2.45, 2.75) is 32.2 Å². The van der Waals surface area contributed by atoms with Gasteiger partial charge >= 0.3 is 11.8 Å². The Balaban J connectivity index is 1.90. The SMILES string of the molecule is CC(C)c1ccc(NC(=O)C(=O)NC2CCS(=O)(=O)C2)cc1. The van der Waals surface area contributed by atoms with Crippen LogP contribution in [0.2, 0.25) is 0 Å². The first-order valence-corrected chi connectivity index (χ1v) is 9.01. The van der Waals surface area contributed by atoms with E-state index in [-0.39, 0.29) is 11.5 Å². The third kappa shape index (κ3) is 4.30. The van der Waals surface area contributed by atoms with Crippen LogP contribution in [0.4, 0.5) is 5.69 Å². The third-order valence-electron chi connectivity index (χ3n) is 3.61. The fraction of sp³-hybridized carbons (Fsp3) is 0.467. The summed E-state index contributed by atoms with van der Waals surface area (Å²) in [6, 6.07) is 6.77. The van der Waals surface area contributed by atoms with Crippen LogP contribution in [0.3, 0.4) is 0 Å². The highest BCUT2D eigenvalue weighted by molar-refractivity contribution is 7.91. The Morgan fingerprint density at radius 1 is 1.14 bits per heavy atom. The molecule has 1 atom stereocenters. The van der Waals surface area contributed by atoms with Crippen molar-refractivity contribution in [1.82, 2.24) is 5.32 Å². The van der Waals surface area contributed by atoms with E-state index in [0.717, 1.165) is 5.56 Å². The molecule has 1 heterocycles. The first-order valence-electron chi connectivity index (χ1n) is 7.19. The van der Waals surface area contributed by atoms with Crippen LogP contribution in [0.15, 0.2) is 24.3 Å². The summed E-state index contributed by atoms with van der Waals surface area (Å²) in [6.07, 6.45) is 0.352. The van der Waals surface area contributed by atoms with Crippen LogP contribution in [-0.4, -0.2) is 37.8 Å². The number of amides is 2. The molecule has 0 saturated carbocycles. The normalized spacial score (nSPS) is 19.9. The molecule has 0 radical (unpaired) electrons. The lowest BCUT2D eigenvalue weighted by Gasteiger charge is -2.11. The molecule has 1 unspecified atom stereocenters. The molecule has 2 amide bonds. The van der Waals surface area contributed by atoms with Gasteiger partial charge in [0.2, 0.25) is 0 Å². The first-order chi connectivity index (χ1) is 10.3. The number of hydrogen-bond donors (Lipinski definition) is 2. The number of carbonyl (C=O) groups is 2. The molecule has 1 fully saturated rings. The van der Waals surface area contributed by atoms with Gasteiger partial charge in [0.15, 0.2) is 9.84 Å². The molecule has 22 heavy (non-hydrogen) atoms. The second-order valence-electron chi connectivity index (χ2n) is 5.80. The molecule has 0 aromatic heterocycles. The lowest BCUT2D eigenvalue weighted by atomic mass is 10.0. The fourth-order valence-electron chi connectivity index (χ4n) is 2.30. The molecule has 0 aliphatic carbocycles. The van der Waals surface area contributed by atoms with Gasteiger partial charge in [-0.25, -0.2) is 8.42 Å². The standard InChI is InChI=1S/C15H20N2O4S/c1-10(2)11-3-5-12(6-4-11)16-14(18)15(19)17-13-7-8-22(20,21)9-13/h3-6,10,13H,7-9H2,1-2H3,(H,16,18)(H,17,19). The molecule has 120 valence electrons. The van der Waals surface area contributed by atoms with Gasteiger partial charge in [0.1, 0.15) is 0 Å². The van der Waals surface area contributed by atoms with Gasteiger partial charge in [0, 0.05) is 11.7 Å². The molecule has 1 aromatic rings. The minimum absolute atomic E-state index is 0.0518. The first kappa shape index (κ1) is 16.5. The zero-order chi connectivity index (χ0) is 16.3. The summed E-state index contributed by atoms with van der Waals surface area (Å²) in [4.78, 5) is 23.6. The summed E-state index contributed by atoms with van der Waals surface area (Å²) >= 11 is 0. The number of rotatable bonds is 3. The lowest BCUT2D eigenvalue weighted by molar-refractivity contribution is -0.136. The average molecular weight is 324 g/mol. The topological polar surface area (TPSA) is 92.3 Å². The van der Waals surface area contributed by atoms with Crippen LogP contribution in [0, 0.1) is 0 Å². The Labute approximate surface area is 130 Å². The predicted octanol–water partition coefficient (Wildman–Crippen LogP) is 1.05. The molecule has 2 N–H and O–H groups in total. The zero-order valence-electron chi connectivity index (χ0n) is 12.6. The molecule has 1 aliphatic rings. The van der Waals surface area contributed by atoms with Gasteiger partial charge < -0.3 is 10.6 Å². The summed E-state index contributed by atoms with van der Waals surface area (Å²) in [5.74, 6) is -1.26. The van der Waals surface area contributed by atoms with E-state index in [1.165, 1.54) is 0 Å². The quantitative estimate of drug-likeness (QED) is 0.813. The van der Waals surface area contributed by atoms with Gasteiger partial charge in [-0.05, 0) is 30.0 Å². The average Bonchev–Trinajstić information content (AvgIpc) is 2.78. The maximum atomic E-state index is 11.8. The van der Waals surface area contributed by atoms with E-state index in [0.29, 0.717) is 18.0 Å². The Morgan fingerprint density at radius 2 is 1.77 bits per heavy atom. The number of nitrogens with one attached hydrogen (secondary N) is 2. The van der Waals surface area contributed by atoms with Crippen molar-refractivity contribution < 1.29 is 18.0 Å². The molecular formula is C15H20N2O4S. The predicted molar refractivity (Wildman–Crippen MR) is 84.4 cm³/mol. The molecule has 1 aromatic carbocycles. The number of hydrogen-bond acceptors (Lipinski definition) is 4. The van der Waals surface area contributed by atoms with E-state index in [1.54, 1.807) is 12.1 Å².